The predicted octanol–water partition coefficient (Wildman–Crippen LogP) is 1.53. The highest BCUT2D eigenvalue weighted by Crippen LogP contribution is 2.22. The van der Waals surface area contributed by atoms with Crippen molar-refractivity contribution in [1.29, 1.82) is 0 Å². The smallest absolute Gasteiger partial charge is 0.223 e. The second-order valence-corrected chi connectivity index (χ2v) is 9.39. The molecule has 1 unspecified atom stereocenters. The highest BCUT2D eigenvalue weighted by molar-refractivity contribution is 7.89. The maximum Gasteiger partial charge on any atom is 0.223 e. The Morgan fingerprint density at radius 3 is 2.58 bits per heavy atom. The van der Waals surface area contributed by atoms with Crippen LogP contribution in [-0.2, 0) is 14.8 Å². The molecule has 1 amide bonds. The lowest BCUT2D eigenvalue weighted by molar-refractivity contribution is -0.126. The lowest BCUT2D eigenvalue weighted by Crippen LogP contribution is -2.44. The highest BCUT2D eigenvalue weighted by atomic mass is 32.2. The van der Waals surface area contributed by atoms with Crippen molar-refractivity contribution in [3.05, 3.63) is 22.4 Å². The molecule has 0 aromatic carbocycles. The van der Waals surface area contributed by atoms with E-state index in [1.807, 2.05) is 19.5 Å². The first-order chi connectivity index (χ1) is 11.3. The van der Waals surface area contributed by atoms with E-state index >= 15 is 0 Å². The Kier molecular flexibility index (Phi) is 6.79. The molecule has 1 saturated heterocycles. The van der Waals surface area contributed by atoms with Crippen molar-refractivity contribution in [2.24, 2.45) is 5.92 Å². The van der Waals surface area contributed by atoms with Crippen molar-refractivity contribution in [3.8, 4) is 0 Å². The molecular weight excluding hydrogens is 346 g/mol. The molecule has 1 N–H and O–H groups in total. The lowest BCUT2D eigenvalue weighted by atomic mass is 9.97. The zero-order chi connectivity index (χ0) is 17.7. The van der Waals surface area contributed by atoms with Crippen LogP contribution < -0.4 is 5.32 Å². The molecule has 136 valence electrons. The molecule has 1 atom stereocenters. The summed E-state index contributed by atoms with van der Waals surface area (Å²) >= 11 is 1.65. The quantitative estimate of drug-likeness (QED) is 0.787. The van der Waals surface area contributed by atoms with Crippen LogP contribution >= 0.6 is 11.3 Å². The van der Waals surface area contributed by atoms with E-state index in [0.717, 1.165) is 0 Å². The first-order valence-corrected chi connectivity index (χ1v) is 10.8. The van der Waals surface area contributed by atoms with E-state index in [0.29, 0.717) is 32.5 Å². The molecule has 1 aromatic rings. The van der Waals surface area contributed by atoms with E-state index in [9.17, 15) is 13.2 Å². The normalized spacial score (nSPS) is 18.7. The number of sulfonamides is 1. The van der Waals surface area contributed by atoms with Gasteiger partial charge in [-0.25, -0.2) is 12.7 Å². The summed E-state index contributed by atoms with van der Waals surface area (Å²) in [6.45, 7) is 3.10. The molecule has 0 saturated carbocycles. The van der Waals surface area contributed by atoms with Crippen molar-refractivity contribution in [2.75, 3.05) is 39.5 Å². The number of likely N-dealkylation sites (N-methyl/N-ethyl adjacent to an activating group) is 1. The van der Waals surface area contributed by atoms with E-state index in [4.69, 9.17) is 0 Å². The summed E-state index contributed by atoms with van der Waals surface area (Å²) in [5.74, 6) is 0.0545. The number of carbonyl (C=O) groups is 1. The molecule has 2 rings (SSSR count). The monoisotopic (exact) mass is 373 g/mol. The Hall–Kier alpha value is -0.960. The molecule has 2 heterocycles. The van der Waals surface area contributed by atoms with Gasteiger partial charge in [0.25, 0.3) is 0 Å². The van der Waals surface area contributed by atoms with Gasteiger partial charge in [0.1, 0.15) is 0 Å². The number of amides is 1. The van der Waals surface area contributed by atoms with Gasteiger partial charge in [-0.15, -0.1) is 0 Å². The first kappa shape index (κ1) is 19.4. The standard InChI is InChI=1S/C16H27N3O3S2/c1-4-24(21,22)19-8-5-13(6-9-19)16(20)17-11-15(18(2)3)14-7-10-23-12-14/h7,10,12-13,15H,4-6,8-9,11H2,1-3H3,(H,17,20). The number of carbonyl (C=O) groups excluding carboxylic acids is 1. The summed E-state index contributed by atoms with van der Waals surface area (Å²) in [6, 6.07) is 2.23. The van der Waals surface area contributed by atoms with Gasteiger partial charge in [-0.1, -0.05) is 0 Å². The molecule has 24 heavy (non-hydrogen) atoms. The summed E-state index contributed by atoms with van der Waals surface area (Å²) in [5, 5.41) is 7.19. The van der Waals surface area contributed by atoms with Gasteiger partial charge >= 0.3 is 0 Å². The minimum atomic E-state index is -3.14. The van der Waals surface area contributed by atoms with Crippen LogP contribution in [0.25, 0.3) is 0 Å². The molecule has 0 bridgehead atoms. The van der Waals surface area contributed by atoms with Gasteiger partial charge in [0.15, 0.2) is 0 Å². The summed E-state index contributed by atoms with van der Waals surface area (Å²) in [4.78, 5) is 14.5. The molecule has 8 heteroatoms. The fraction of sp³-hybridized carbons (Fsp3) is 0.688. The highest BCUT2D eigenvalue weighted by Gasteiger charge is 2.30. The third-order valence-electron chi connectivity index (χ3n) is 4.60. The number of piperidine rings is 1. The first-order valence-electron chi connectivity index (χ1n) is 8.29. The Labute approximate surface area is 148 Å². The van der Waals surface area contributed by atoms with Crippen molar-refractivity contribution < 1.29 is 13.2 Å². The maximum atomic E-state index is 12.4. The average molecular weight is 374 g/mol. The van der Waals surface area contributed by atoms with Gasteiger partial charge in [0.05, 0.1) is 11.8 Å². The summed E-state index contributed by atoms with van der Waals surface area (Å²) < 4.78 is 25.3. The van der Waals surface area contributed by atoms with Gasteiger partial charge in [0, 0.05) is 25.6 Å². The largest absolute Gasteiger partial charge is 0.354 e. The lowest BCUT2D eigenvalue weighted by Gasteiger charge is -2.31. The molecule has 0 aliphatic carbocycles. The van der Waals surface area contributed by atoms with Crippen LogP contribution in [0.4, 0.5) is 0 Å². The van der Waals surface area contributed by atoms with Gasteiger partial charge in [-0.3, -0.25) is 4.79 Å². The second-order valence-electron chi connectivity index (χ2n) is 6.36. The van der Waals surface area contributed by atoms with Crippen molar-refractivity contribution >= 4 is 27.3 Å². The third-order valence-corrected chi connectivity index (χ3v) is 7.19. The number of nitrogens with one attached hydrogen (secondary N) is 1. The zero-order valence-electron chi connectivity index (χ0n) is 14.6. The van der Waals surface area contributed by atoms with Crippen molar-refractivity contribution in [1.82, 2.24) is 14.5 Å². The van der Waals surface area contributed by atoms with E-state index in [2.05, 4.69) is 21.7 Å². The Morgan fingerprint density at radius 2 is 2.08 bits per heavy atom. The van der Waals surface area contributed by atoms with Crippen LogP contribution in [0, 0.1) is 5.92 Å². The van der Waals surface area contributed by atoms with Crippen LogP contribution in [0.15, 0.2) is 16.8 Å². The summed E-state index contributed by atoms with van der Waals surface area (Å²) in [7, 11) is 0.864. The van der Waals surface area contributed by atoms with E-state index in [-0.39, 0.29) is 23.6 Å². The number of nitrogens with zero attached hydrogens (tertiary/aromatic N) is 2. The molecule has 0 radical (unpaired) electrons. The van der Waals surface area contributed by atoms with Gasteiger partial charge in [-0.2, -0.15) is 11.3 Å². The Balaban J connectivity index is 1.85. The topological polar surface area (TPSA) is 69.7 Å². The zero-order valence-corrected chi connectivity index (χ0v) is 16.2. The van der Waals surface area contributed by atoms with E-state index < -0.39 is 10.0 Å². The number of hydrogen-bond donors (Lipinski definition) is 1. The average Bonchev–Trinajstić information content (AvgIpc) is 3.09. The molecular formula is C16H27N3O3S2. The fourth-order valence-electron chi connectivity index (χ4n) is 2.98. The van der Waals surface area contributed by atoms with Crippen LogP contribution in [0.1, 0.15) is 31.4 Å². The Bertz CT molecular complexity index is 621. The number of hydrogen-bond acceptors (Lipinski definition) is 5. The summed E-state index contributed by atoms with van der Waals surface area (Å²) in [5.41, 5.74) is 1.20. The van der Waals surface area contributed by atoms with Crippen LogP contribution in [0.2, 0.25) is 0 Å². The molecule has 1 aliphatic heterocycles. The van der Waals surface area contributed by atoms with Gasteiger partial charge < -0.3 is 10.2 Å². The fourth-order valence-corrected chi connectivity index (χ4v) is 4.82. The maximum absolute atomic E-state index is 12.4. The molecule has 1 aliphatic rings. The molecule has 1 aromatic heterocycles. The minimum absolute atomic E-state index is 0.0330. The number of rotatable bonds is 7. The summed E-state index contributed by atoms with van der Waals surface area (Å²) in [6.07, 6.45) is 1.19. The molecule has 1 fully saturated rings. The second kappa shape index (κ2) is 8.42. The van der Waals surface area contributed by atoms with Crippen LogP contribution in [0.5, 0.6) is 0 Å². The molecule has 0 spiro atoms. The molecule has 6 nitrogen and oxygen atoms in total. The minimum Gasteiger partial charge on any atom is -0.354 e. The third kappa shape index (κ3) is 4.78. The predicted molar refractivity (Wildman–Crippen MR) is 97.5 cm³/mol. The SMILES string of the molecule is CCS(=O)(=O)N1CCC(C(=O)NCC(c2ccsc2)N(C)C)CC1. The van der Waals surface area contributed by atoms with Crippen LogP contribution in [0.3, 0.4) is 0 Å². The van der Waals surface area contributed by atoms with E-state index in [1.165, 1.54) is 9.87 Å². The Morgan fingerprint density at radius 1 is 1.42 bits per heavy atom. The van der Waals surface area contributed by atoms with Gasteiger partial charge in [-0.05, 0) is 56.3 Å². The van der Waals surface area contributed by atoms with Crippen molar-refractivity contribution in [2.45, 2.75) is 25.8 Å². The van der Waals surface area contributed by atoms with Crippen LogP contribution in [-0.4, -0.2) is 63.0 Å². The van der Waals surface area contributed by atoms with Crippen molar-refractivity contribution in [3.63, 3.8) is 0 Å². The van der Waals surface area contributed by atoms with Gasteiger partial charge in [0.2, 0.25) is 15.9 Å². The van der Waals surface area contributed by atoms with E-state index in [1.54, 1.807) is 18.3 Å². The number of thiophene rings is 1.